The first-order valence-electron chi connectivity index (χ1n) is 7.51. The average molecular weight is 280 g/mol. The molecular formula is C15H28N4O. The number of rotatable bonds is 9. The summed E-state index contributed by atoms with van der Waals surface area (Å²) < 4.78 is 5.42. The van der Waals surface area contributed by atoms with Gasteiger partial charge in [0, 0.05) is 32.8 Å². The Morgan fingerprint density at radius 1 is 1.30 bits per heavy atom. The van der Waals surface area contributed by atoms with Crippen molar-refractivity contribution >= 4 is 11.6 Å². The van der Waals surface area contributed by atoms with E-state index in [1.807, 2.05) is 13.0 Å². The highest BCUT2D eigenvalue weighted by molar-refractivity contribution is 5.49. The number of anilines is 2. The summed E-state index contributed by atoms with van der Waals surface area (Å²) in [5.74, 6) is 3.19. The average Bonchev–Trinajstić information content (AvgIpc) is 2.45. The van der Waals surface area contributed by atoms with Crippen molar-refractivity contribution in [1.82, 2.24) is 9.97 Å². The quantitative estimate of drug-likeness (QED) is 0.753. The van der Waals surface area contributed by atoms with E-state index in [-0.39, 0.29) is 0 Å². The zero-order valence-electron chi connectivity index (χ0n) is 13.4. The molecule has 0 amide bonds. The summed E-state index contributed by atoms with van der Waals surface area (Å²) in [7, 11) is 2.08. The van der Waals surface area contributed by atoms with Crippen LogP contribution in [-0.4, -0.2) is 36.7 Å². The molecule has 114 valence electrons. The van der Waals surface area contributed by atoms with Gasteiger partial charge in [0.1, 0.15) is 18.2 Å². The minimum Gasteiger partial charge on any atom is -0.374 e. The van der Waals surface area contributed by atoms with Crippen molar-refractivity contribution in [3.63, 3.8) is 0 Å². The van der Waals surface area contributed by atoms with Gasteiger partial charge in [-0.05, 0) is 19.8 Å². The molecule has 1 heterocycles. The van der Waals surface area contributed by atoms with Crippen LogP contribution in [0.15, 0.2) is 6.07 Å². The molecule has 0 bridgehead atoms. The molecule has 0 radical (unpaired) electrons. The fourth-order valence-electron chi connectivity index (χ4n) is 1.90. The minimum absolute atomic E-state index is 0.458. The Labute approximate surface area is 122 Å². The van der Waals surface area contributed by atoms with Crippen LogP contribution in [0.2, 0.25) is 0 Å². The Bertz CT molecular complexity index is 397. The largest absolute Gasteiger partial charge is 0.374 e. The molecule has 1 atom stereocenters. The van der Waals surface area contributed by atoms with Crippen LogP contribution in [0.5, 0.6) is 0 Å². The van der Waals surface area contributed by atoms with Gasteiger partial charge in [0.05, 0.1) is 0 Å². The number of aromatic nitrogens is 2. The van der Waals surface area contributed by atoms with Crippen molar-refractivity contribution in [3.05, 3.63) is 11.9 Å². The summed E-state index contributed by atoms with van der Waals surface area (Å²) in [5.41, 5.74) is 0. The molecule has 0 saturated carbocycles. The van der Waals surface area contributed by atoms with E-state index in [0.717, 1.165) is 30.5 Å². The molecule has 5 nitrogen and oxygen atoms in total. The number of nitrogens with zero attached hydrogens (tertiary/aromatic N) is 3. The smallest absolute Gasteiger partial charge is 0.158 e. The van der Waals surface area contributed by atoms with Crippen molar-refractivity contribution in [2.45, 2.75) is 40.7 Å². The maximum atomic E-state index is 5.42. The Kier molecular flexibility index (Phi) is 7.30. The van der Waals surface area contributed by atoms with Crippen molar-refractivity contribution in [3.8, 4) is 0 Å². The fraction of sp³-hybridized carbons (Fsp3) is 0.733. The number of hydrogen-bond donors (Lipinski definition) is 1. The van der Waals surface area contributed by atoms with Crippen LogP contribution in [0.1, 0.15) is 39.9 Å². The van der Waals surface area contributed by atoms with Crippen molar-refractivity contribution in [2.24, 2.45) is 5.92 Å². The van der Waals surface area contributed by atoms with Gasteiger partial charge >= 0.3 is 0 Å². The lowest BCUT2D eigenvalue weighted by molar-refractivity contribution is 0.128. The highest BCUT2D eigenvalue weighted by atomic mass is 16.5. The standard InChI is InChI=1S/C15H28N4O/c1-6-12(4)10-19(5)15-9-13(16-7-2)17-14(18-15)11-20-8-3/h9,12H,6-8,10-11H2,1-5H3,(H,16,17,18). The second-order valence-electron chi connectivity index (χ2n) is 5.09. The molecule has 0 saturated heterocycles. The second kappa shape index (κ2) is 8.74. The van der Waals surface area contributed by atoms with E-state index in [9.17, 15) is 0 Å². The summed E-state index contributed by atoms with van der Waals surface area (Å²) >= 11 is 0. The molecule has 0 aliphatic heterocycles. The molecule has 0 aliphatic rings. The summed E-state index contributed by atoms with van der Waals surface area (Å²) in [6, 6.07) is 2.00. The van der Waals surface area contributed by atoms with Crippen LogP contribution < -0.4 is 10.2 Å². The maximum Gasteiger partial charge on any atom is 0.158 e. The maximum absolute atomic E-state index is 5.42. The monoisotopic (exact) mass is 280 g/mol. The Morgan fingerprint density at radius 2 is 2.05 bits per heavy atom. The van der Waals surface area contributed by atoms with Crippen molar-refractivity contribution in [2.75, 3.05) is 37.0 Å². The van der Waals surface area contributed by atoms with Gasteiger partial charge in [-0.25, -0.2) is 9.97 Å². The van der Waals surface area contributed by atoms with E-state index < -0.39 is 0 Å². The highest BCUT2D eigenvalue weighted by Crippen LogP contribution is 2.17. The summed E-state index contributed by atoms with van der Waals surface area (Å²) in [4.78, 5) is 11.2. The minimum atomic E-state index is 0.458. The molecule has 0 aromatic carbocycles. The highest BCUT2D eigenvalue weighted by Gasteiger charge is 2.10. The van der Waals surface area contributed by atoms with Gasteiger partial charge in [0.2, 0.25) is 0 Å². The van der Waals surface area contributed by atoms with Crippen LogP contribution >= 0.6 is 0 Å². The molecule has 1 aromatic heterocycles. The first-order chi connectivity index (χ1) is 9.60. The Morgan fingerprint density at radius 3 is 2.65 bits per heavy atom. The van der Waals surface area contributed by atoms with Gasteiger partial charge in [-0.2, -0.15) is 0 Å². The van der Waals surface area contributed by atoms with Gasteiger partial charge in [0.25, 0.3) is 0 Å². The van der Waals surface area contributed by atoms with E-state index in [4.69, 9.17) is 4.74 Å². The Balaban J connectivity index is 2.88. The third kappa shape index (κ3) is 5.33. The van der Waals surface area contributed by atoms with Crippen LogP contribution in [0.3, 0.4) is 0 Å². The molecule has 5 heteroatoms. The number of nitrogens with one attached hydrogen (secondary N) is 1. The molecule has 0 spiro atoms. The van der Waals surface area contributed by atoms with Crippen molar-refractivity contribution < 1.29 is 4.74 Å². The van der Waals surface area contributed by atoms with Gasteiger partial charge in [0.15, 0.2) is 5.82 Å². The van der Waals surface area contributed by atoms with Gasteiger partial charge in [-0.15, -0.1) is 0 Å². The van der Waals surface area contributed by atoms with Gasteiger partial charge in [-0.3, -0.25) is 0 Å². The van der Waals surface area contributed by atoms with E-state index in [1.54, 1.807) is 0 Å². The third-order valence-electron chi connectivity index (χ3n) is 3.23. The zero-order valence-corrected chi connectivity index (χ0v) is 13.4. The zero-order chi connectivity index (χ0) is 15.0. The van der Waals surface area contributed by atoms with Gasteiger partial charge in [-0.1, -0.05) is 20.3 Å². The first-order valence-corrected chi connectivity index (χ1v) is 7.51. The molecule has 1 rings (SSSR count). The number of ether oxygens (including phenoxy) is 1. The predicted molar refractivity (Wildman–Crippen MR) is 84.3 cm³/mol. The summed E-state index contributed by atoms with van der Waals surface area (Å²) in [6.45, 7) is 11.5. The SMILES string of the molecule is CCNc1cc(N(C)CC(C)CC)nc(COCC)n1. The first kappa shape index (κ1) is 16.7. The third-order valence-corrected chi connectivity index (χ3v) is 3.23. The molecule has 0 fully saturated rings. The normalized spacial score (nSPS) is 12.2. The lowest BCUT2D eigenvalue weighted by atomic mass is 10.1. The molecule has 0 aliphatic carbocycles. The van der Waals surface area contributed by atoms with E-state index in [0.29, 0.717) is 19.1 Å². The van der Waals surface area contributed by atoms with Crippen molar-refractivity contribution in [1.29, 1.82) is 0 Å². The van der Waals surface area contributed by atoms with Crippen LogP contribution in [0, 0.1) is 5.92 Å². The topological polar surface area (TPSA) is 50.3 Å². The molecule has 1 aromatic rings. The number of hydrogen-bond acceptors (Lipinski definition) is 5. The van der Waals surface area contributed by atoms with Crippen LogP contribution in [-0.2, 0) is 11.3 Å². The molecule has 1 unspecified atom stereocenters. The fourth-order valence-corrected chi connectivity index (χ4v) is 1.90. The molecular weight excluding hydrogens is 252 g/mol. The lowest BCUT2D eigenvalue weighted by Crippen LogP contribution is -2.25. The second-order valence-corrected chi connectivity index (χ2v) is 5.09. The van der Waals surface area contributed by atoms with Crippen LogP contribution in [0.4, 0.5) is 11.6 Å². The van der Waals surface area contributed by atoms with Gasteiger partial charge < -0.3 is 15.0 Å². The summed E-state index contributed by atoms with van der Waals surface area (Å²) in [5, 5.41) is 3.25. The van der Waals surface area contributed by atoms with E-state index in [1.165, 1.54) is 6.42 Å². The molecule has 1 N–H and O–H groups in total. The summed E-state index contributed by atoms with van der Waals surface area (Å²) in [6.07, 6.45) is 1.17. The Hall–Kier alpha value is -1.36. The predicted octanol–water partition coefficient (Wildman–Crippen LogP) is 2.93. The van der Waals surface area contributed by atoms with E-state index in [2.05, 4.69) is 48.0 Å². The molecule has 20 heavy (non-hydrogen) atoms. The lowest BCUT2D eigenvalue weighted by Gasteiger charge is -2.22. The van der Waals surface area contributed by atoms with Crippen LogP contribution in [0.25, 0.3) is 0 Å². The van der Waals surface area contributed by atoms with E-state index >= 15 is 0 Å².